The monoisotopic (exact) mass is 377 g/mol. The van der Waals surface area contributed by atoms with Crippen molar-refractivity contribution in [1.29, 1.82) is 0 Å². The number of halogens is 1. The molecule has 0 radical (unpaired) electrons. The van der Waals surface area contributed by atoms with Gasteiger partial charge >= 0.3 is 0 Å². The van der Waals surface area contributed by atoms with Crippen LogP contribution in [0.25, 0.3) is 0 Å². The summed E-state index contributed by atoms with van der Waals surface area (Å²) < 4.78 is -0.0752. The molecule has 1 aromatic heterocycles. The normalized spacial score (nSPS) is 24.9. The minimum absolute atomic E-state index is 0.0752. The summed E-state index contributed by atoms with van der Waals surface area (Å²) >= 11 is 3.84. The number of amides is 1. The van der Waals surface area contributed by atoms with Crippen LogP contribution in [-0.4, -0.2) is 22.1 Å². The molecule has 4 nitrogen and oxygen atoms in total. The topological polar surface area (TPSA) is 68.9 Å². The van der Waals surface area contributed by atoms with E-state index in [1.54, 1.807) is 0 Å². The molecule has 1 aliphatic carbocycles. The third kappa shape index (κ3) is 2.13. The molecule has 1 aromatic rings. The standard InChI is InChI=1S/C12H16IN3OS/c1-11(2)5-12(3,13)8-6(11)7(9(14)17)15-10(16-8)18-4/h5H2,1-4H3,(H2,14,17)/t12-/m1/s1. The highest BCUT2D eigenvalue weighted by Crippen LogP contribution is 2.53. The highest BCUT2D eigenvalue weighted by molar-refractivity contribution is 14.1. The molecule has 1 heterocycles. The summed E-state index contributed by atoms with van der Waals surface area (Å²) in [5, 5.41) is 0.614. The maximum atomic E-state index is 11.6. The van der Waals surface area contributed by atoms with Gasteiger partial charge < -0.3 is 5.73 Å². The summed E-state index contributed by atoms with van der Waals surface area (Å²) in [4.78, 5) is 20.5. The number of thioether (sulfide) groups is 1. The van der Waals surface area contributed by atoms with E-state index >= 15 is 0 Å². The van der Waals surface area contributed by atoms with Crippen LogP contribution in [0.2, 0.25) is 0 Å². The van der Waals surface area contributed by atoms with E-state index in [1.165, 1.54) is 11.8 Å². The summed E-state index contributed by atoms with van der Waals surface area (Å²) in [7, 11) is 0. The molecule has 2 N–H and O–H groups in total. The van der Waals surface area contributed by atoms with Crippen LogP contribution < -0.4 is 5.73 Å². The van der Waals surface area contributed by atoms with Gasteiger partial charge in [0.2, 0.25) is 0 Å². The second kappa shape index (κ2) is 4.33. The summed E-state index contributed by atoms with van der Waals surface area (Å²) in [6.45, 7) is 6.37. The van der Waals surface area contributed by atoms with E-state index in [2.05, 4.69) is 53.3 Å². The van der Waals surface area contributed by atoms with Crippen LogP contribution in [0.4, 0.5) is 0 Å². The maximum Gasteiger partial charge on any atom is 0.267 e. The molecule has 0 saturated heterocycles. The zero-order valence-electron chi connectivity index (χ0n) is 10.9. The molecule has 0 aromatic carbocycles. The van der Waals surface area contributed by atoms with E-state index in [9.17, 15) is 4.79 Å². The highest BCUT2D eigenvalue weighted by Gasteiger charge is 2.47. The van der Waals surface area contributed by atoms with E-state index in [4.69, 9.17) is 5.73 Å². The van der Waals surface area contributed by atoms with Crippen molar-refractivity contribution < 1.29 is 4.79 Å². The number of fused-ring (bicyclic) bond motifs is 1. The number of nitrogens with zero attached hydrogens (tertiary/aromatic N) is 2. The molecule has 1 aliphatic rings. The summed E-state index contributed by atoms with van der Waals surface area (Å²) in [5.41, 5.74) is 7.63. The molecular formula is C12H16IN3OS. The van der Waals surface area contributed by atoms with Crippen molar-refractivity contribution in [3.63, 3.8) is 0 Å². The number of hydrogen-bond donors (Lipinski definition) is 1. The molecular weight excluding hydrogens is 361 g/mol. The maximum absolute atomic E-state index is 11.6. The van der Waals surface area contributed by atoms with Crippen LogP contribution in [0.5, 0.6) is 0 Å². The van der Waals surface area contributed by atoms with Crippen molar-refractivity contribution in [3.8, 4) is 0 Å². The Balaban J connectivity index is 2.80. The van der Waals surface area contributed by atoms with Crippen LogP contribution in [0, 0.1) is 0 Å². The minimum Gasteiger partial charge on any atom is -0.364 e. The Kier molecular flexibility index (Phi) is 3.38. The van der Waals surface area contributed by atoms with Gasteiger partial charge in [-0.25, -0.2) is 9.97 Å². The number of carbonyl (C=O) groups excluding carboxylic acids is 1. The number of primary amides is 1. The Labute approximate surface area is 125 Å². The van der Waals surface area contributed by atoms with Gasteiger partial charge in [-0.3, -0.25) is 4.79 Å². The second-order valence-corrected chi connectivity index (χ2v) is 8.56. The lowest BCUT2D eigenvalue weighted by Gasteiger charge is -2.21. The van der Waals surface area contributed by atoms with Gasteiger partial charge in [0.15, 0.2) is 5.16 Å². The molecule has 98 valence electrons. The van der Waals surface area contributed by atoms with Crippen LogP contribution >= 0.6 is 34.4 Å². The minimum atomic E-state index is -0.467. The number of rotatable bonds is 2. The molecule has 6 heteroatoms. The summed E-state index contributed by atoms with van der Waals surface area (Å²) in [5.74, 6) is -0.467. The predicted octanol–water partition coefficient (Wildman–Crippen LogP) is 2.63. The largest absolute Gasteiger partial charge is 0.364 e. The molecule has 1 atom stereocenters. The van der Waals surface area contributed by atoms with Gasteiger partial charge in [0.25, 0.3) is 5.91 Å². The number of nitrogens with two attached hydrogens (primary N) is 1. The molecule has 1 amide bonds. The Morgan fingerprint density at radius 1 is 1.39 bits per heavy atom. The van der Waals surface area contributed by atoms with Crippen LogP contribution in [0.3, 0.4) is 0 Å². The van der Waals surface area contributed by atoms with Gasteiger partial charge in [-0.1, -0.05) is 48.2 Å². The first kappa shape index (κ1) is 14.0. The van der Waals surface area contributed by atoms with Crippen molar-refractivity contribution >= 4 is 40.3 Å². The molecule has 18 heavy (non-hydrogen) atoms. The number of alkyl halides is 1. The second-order valence-electron chi connectivity index (χ2n) is 5.40. The van der Waals surface area contributed by atoms with Gasteiger partial charge in [0.05, 0.1) is 9.12 Å². The Morgan fingerprint density at radius 2 is 2.00 bits per heavy atom. The zero-order valence-corrected chi connectivity index (χ0v) is 13.8. The fourth-order valence-electron chi connectivity index (χ4n) is 2.73. The molecule has 0 unspecified atom stereocenters. The zero-order chi connectivity index (χ0) is 13.7. The summed E-state index contributed by atoms with van der Waals surface area (Å²) in [6.07, 6.45) is 2.83. The van der Waals surface area contributed by atoms with Gasteiger partial charge in [-0.05, 0) is 25.0 Å². The van der Waals surface area contributed by atoms with E-state index in [1.807, 2.05) is 6.26 Å². The number of aromatic nitrogens is 2. The lowest BCUT2D eigenvalue weighted by Crippen LogP contribution is -2.23. The van der Waals surface area contributed by atoms with Crippen molar-refractivity contribution in [1.82, 2.24) is 9.97 Å². The summed E-state index contributed by atoms with van der Waals surface area (Å²) in [6, 6.07) is 0. The van der Waals surface area contributed by atoms with Crippen LogP contribution in [-0.2, 0) is 8.84 Å². The predicted molar refractivity (Wildman–Crippen MR) is 81.3 cm³/mol. The number of carbonyl (C=O) groups is 1. The molecule has 0 fully saturated rings. The van der Waals surface area contributed by atoms with Crippen molar-refractivity contribution in [2.75, 3.05) is 6.26 Å². The fourth-order valence-corrected chi connectivity index (χ4v) is 4.44. The third-order valence-corrected chi connectivity index (χ3v) is 4.69. The van der Waals surface area contributed by atoms with Crippen molar-refractivity contribution in [3.05, 3.63) is 17.0 Å². The smallest absolute Gasteiger partial charge is 0.267 e. The van der Waals surface area contributed by atoms with E-state index in [-0.39, 0.29) is 8.84 Å². The Hall–Kier alpha value is -0.370. The quantitative estimate of drug-likeness (QED) is 0.372. The SMILES string of the molecule is CSc1nc(C(N)=O)c2c(n1)[C@](C)(I)CC2(C)C. The van der Waals surface area contributed by atoms with Crippen molar-refractivity contribution in [2.24, 2.45) is 5.73 Å². The van der Waals surface area contributed by atoms with E-state index in [0.29, 0.717) is 10.9 Å². The van der Waals surface area contributed by atoms with E-state index in [0.717, 1.165) is 17.7 Å². The highest BCUT2D eigenvalue weighted by atomic mass is 127. The molecule has 0 bridgehead atoms. The first-order valence-electron chi connectivity index (χ1n) is 5.65. The van der Waals surface area contributed by atoms with Crippen molar-refractivity contribution in [2.45, 2.75) is 41.2 Å². The lowest BCUT2D eigenvalue weighted by atomic mass is 9.85. The lowest BCUT2D eigenvalue weighted by molar-refractivity contribution is 0.0992. The average Bonchev–Trinajstić information content (AvgIpc) is 2.43. The van der Waals surface area contributed by atoms with Crippen LogP contribution in [0.15, 0.2) is 5.16 Å². The molecule has 0 aliphatic heterocycles. The van der Waals surface area contributed by atoms with Gasteiger partial charge in [0.1, 0.15) is 5.69 Å². The first-order valence-corrected chi connectivity index (χ1v) is 7.95. The van der Waals surface area contributed by atoms with Crippen LogP contribution in [0.1, 0.15) is 48.9 Å². The van der Waals surface area contributed by atoms with Gasteiger partial charge in [-0.15, -0.1) is 0 Å². The van der Waals surface area contributed by atoms with E-state index < -0.39 is 5.91 Å². The third-order valence-electron chi connectivity index (χ3n) is 3.25. The Morgan fingerprint density at radius 3 is 2.50 bits per heavy atom. The molecule has 0 saturated carbocycles. The van der Waals surface area contributed by atoms with Gasteiger partial charge in [-0.2, -0.15) is 0 Å². The molecule has 0 spiro atoms. The number of hydrogen-bond acceptors (Lipinski definition) is 4. The Bertz CT molecular complexity index is 528. The van der Waals surface area contributed by atoms with Gasteiger partial charge in [0, 0.05) is 5.56 Å². The molecule has 2 rings (SSSR count). The average molecular weight is 377 g/mol. The first-order chi connectivity index (χ1) is 8.19. The fraction of sp³-hybridized carbons (Fsp3) is 0.583.